The summed E-state index contributed by atoms with van der Waals surface area (Å²) in [6.07, 6.45) is 4.85. The van der Waals surface area contributed by atoms with Crippen LogP contribution in [0.4, 0.5) is 5.82 Å². The van der Waals surface area contributed by atoms with Gasteiger partial charge in [0.1, 0.15) is 5.82 Å². The largest absolute Gasteiger partial charge is 0.382 e. The van der Waals surface area contributed by atoms with Gasteiger partial charge < -0.3 is 25.1 Å². The van der Waals surface area contributed by atoms with Gasteiger partial charge in [-0.1, -0.05) is 17.7 Å². The molecule has 2 heterocycles. The molecule has 1 aromatic heterocycles. The Morgan fingerprint density at radius 2 is 2.00 bits per heavy atom. The lowest BCUT2D eigenvalue weighted by Crippen LogP contribution is -2.22. The number of fused-ring (bicyclic) bond motifs is 2. The summed E-state index contributed by atoms with van der Waals surface area (Å²) in [5.41, 5.74) is 7.96. The predicted molar refractivity (Wildman–Crippen MR) is 115 cm³/mol. The van der Waals surface area contributed by atoms with Gasteiger partial charge in [0.05, 0.1) is 16.6 Å². The molecule has 4 atom stereocenters. The second-order valence-electron chi connectivity index (χ2n) is 8.34. The highest BCUT2D eigenvalue weighted by Gasteiger charge is 2.44. The Morgan fingerprint density at radius 3 is 2.66 bits per heavy atom. The molecule has 6 nitrogen and oxygen atoms in total. The van der Waals surface area contributed by atoms with Crippen molar-refractivity contribution in [2.24, 2.45) is 11.8 Å². The Morgan fingerprint density at radius 1 is 1.28 bits per heavy atom. The molecule has 0 radical (unpaired) electrons. The van der Waals surface area contributed by atoms with Crippen LogP contribution in [0.25, 0.3) is 10.9 Å². The number of nitrogens with two attached hydrogens (primary N) is 1. The first-order chi connectivity index (χ1) is 13.7. The molecule has 2 fully saturated rings. The number of rotatable bonds is 4. The van der Waals surface area contributed by atoms with Crippen LogP contribution in [0, 0.1) is 11.8 Å². The molecule has 4 unspecified atom stereocenters. The van der Waals surface area contributed by atoms with Crippen molar-refractivity contribution in [1.82, 2.24) is 4.98 Å². The summed E-state index contributed by atoms with van der Waals surface area (Å²) in [6, 6.07) is 8.23. The quantitative estimate of drug-likeness (QED) is 0.719. The van der Waals surface area contributed by atoms with E-state index in [9.17, 15) is 0 Å². The molecule has 0 amide bonds. The van der Waals surface area contributed by atoms with Crippen molar-refractivity contribution in [2.75, 3.05) is 20.0 Å². The van der Waals surface area contributed by atoms with Gasteiger partial charge in [-0.15, -0.1) is 0 Å². The second-order valence-corrected chi connectivity index (χ2v) is 8.74. The van der Waals surface area contributed by atoms with Crippen molar-refractivity contribution in [2.45, 2.75) is 57.7 Å². The van der Waals surface area contributed by atoms with Crippen molar-refractivity contribution in [3.8, 4) is 0 Å². The van der Waals surface area contributed by atoms with Crippen LogP contribution in [0.2, 0.25) is 5.02 Å². The van der Waals surface area contributed by atoms with Gasteiger partial charge in [0.2, 0.25) is 0 Å². The van der Waals surface area contributed by atoms with Crippen molar-refractivity contribution >= 4 is 28.3 Å². The number of hydrogen-bond donors (Lipinski definition) is 2. The maximum Gasteiger partial charge on any atom is 0.159 e. The van der Waals surface area contributed by atoms with Gasteiger partial charge in [-0.25, -0.2) is 4.98 Å². The third kappa shape index (κ3) is 5.58. The summed E-state index contributed by atoms with van der Waals surface area (Å²) in [7, 11) is 3.19. The fourth-order valence-corrected chi connectivity index (χ4v) is 4.27. The average molecular weight is 423 g/mol. The van der Waals surface area contributed by atoms with E-state index in [4.69, 9.17) is 31.9 Å². The fourth-order valence-electron chi connectivity index (χ4n) is 4.11. The van der Waals surface area contributed by atoms with E-state index in [2.05, 4.69) is 21.9 Å². The van der Waals surface area contributed by atoms with E-state index < -0.39 is 5.79 Å². The number of pyridine rings is 1. The highest BCUT2D eigenvalue weighted by molar-refractivity contribution is 6.33. The standard InChI is InChI=1S/C18H21ClN2O2.C4H10O2/c1-22-16-9-12-4-3-11(17(12)23-16)6-10-2-5-15-13(7-10)8-14(19)18(20)21-15;1-4(2,5)6-3/h2,5,7-8,11-12,16-17H,3-4,6,9H2,1H3,(H2,20,21);5H,1-3H3. The first kappa shape index (κ1) is 22.2. The zero-order chi connectivity index (χ0) is 21.2. The summed E-state index contributed by atoms with van der Waals surface area (Å²) < 4.78 is 15.9. The molecule has 2 aliphatic rings. The van der Waals surface area contributed by atoms with E-state index in [1.807, 2.05) is 12.1 Å². The van der Waals surface area contributed by atoms with Gasteiger partial charge >= 0.3 is 0 Å². The summed E-state index contributed by atoms with van der Waals surface area (Å²) in [6.45, 7) is 3.15. The molecular weight excluding hydrogens is 392 g/mol. The zero-order valence-corrected chi connectivity index (χ0v) is 18.3. The van der Waals surface area contributed by atoms with Gasteiger partial charge in [0.25, 0.3) is 0 Å². The molecule has 1 aliphatic carbocycles. The number of aromatic nitrogens is 1. The lowest BCUT2D eigenvalue weighted by molar-refractivity contribution is -0.155. The van der Waals surface area contributed by atoms with Crippen molar-refractivity contribution < 1.29 is 19.3 Å². The van der Waals surface area contributed by atoms with E-state index in [0.717, 1.165) is 23.7 Å². The number of halogens is 1. The van der Waals surface area contributed by atoms with Gasteiger partial charge in [0.15, 0.2) is 12.1 Å². The van der Waals surface area contributed by atoms with E-state index in [1.165, 1.54) is 25.5 Å². The van der Waals surface area contributed by atoms with Gasteiger partial charge in [-0.3, -0.25) is 0 Å². The van der Waals surface area contributed by atoms with Crippen LogP contribution < -0.4 is 5.73 Å². The minimum atomic E-state index is -0.958. The number of hydrogen-bond acceptors (Lipinski definition) is 6. The van der Waals surface area contributed by atoms with Crippen molar-refractivity contribution in [1.29, 1.82) is 0 Å². The van der Waals surface area contributed by atoms with E-state index >= 15 is 0 Å². The fraction of sp³-hybridized carbons (Fsp3) is 0.591. The smallest absolute Gasteiger partial charge is 0.159 e. The van der Waals surface area contributed by atoms with Crippen LogP contribution in [0.15, 0.2) is 24.3 Å². The molecule has 1 aromatic carbocycles. The topological polar surface area (TPSA) is 86.8 Å². The molecule has 0 bridgehead atoms. The maximum absolute atomic E-state index is 8.60. The molecule has 3 N–H and O–H groups in total. The molecule has 1 saturated carbocycles. The summed E-state index contributed by atoms with van der Waals surface area (Å²) in [5.74, 6) is 0.645. The number of anilines is 1. The highest BCUT2D eigenvalue weighted by Crippen LogP contribution is 2.44. The molecule has 4 rings (SSSR count). The first-order valence-corrected chi connectivity index (χ1v) is 10.4. The number of aliphatic hydroxyl groups is 1. The molecule has 7 heteroatoms. The maximum atomic E-state index is 8.60. The zero-order valence-electron chi connectivity index (χ0n) is 17.5. The highest BCUT2D eigenvalue weighted by atomic mass is 35.5. The lowest BCUT2D eigenvalue weighted by atomic mass is 9.93. The molecule has 1 aliphatic heterocycles. The van der Waals surface area contributed by atoms with Crippen molar-refractivity contribution in [3.63, 3.8) is 0 Å². The Kier molecular flexibility index (Phi) is 7.02. The van der Waals surface area contributed by atoms with E-state index in [-0.39, 0.29) is 6.29 Å². The Hall–Kier alpha value is -1.44. The number of nitrogen functional groups attached to an aromatic ring is 1. The average Bonchev–Trinajstić information content (AvgIpc) is 3.24. The monoisotopic (exact) mass is 422 g/mol. The van der Waals surface area contributed by atoms with Crippen LogP contribution in [0.1, 0.15) is 38.7 Å². The Balaban J connectivity index is 0.000000353. The summed E-state index contributed by atoms with van der Waals surface area (Å²) >= 11 is 6.09. The molecule has 29 heavy (non-hydrogen) atoms. The van der Waals surface area contributed by atoms with Crippen LogP contribution >= 0.6 is 11.6 Å². The van der Waals surface area contributed by atoms with Crippen LogP contribution in [0.3, 0.4) is 0 Å². The second kappa shape index (κ2) is 9.14. The number of methoxy groups -OCH3 is 2. The van der Waals surface area contributed by atoms with Gasteiger partial charge in [-0.05, 0) is 68.7 Å². The minimum absolute atomic E-state index is 0.0182. The predicted octanol–water partition coefficient (Wildman–Crippen LogP) is 4.16. The first-order valence-electron chi connectivity index (χ1n) is 10.0. The number of ether oxygens (including phenoxy) is 3. The third-order valence-electron chi connectivity index (χ3n) is 5.76. The molecule has 160 valence electrons. The van der Waals surface area contributed by atoms with Crippen molar-refractivity contribution in [3.05, 3.63) is 34.9 Å². The van der Waals surface area contributed by atoms with Crippen LogP contribution in [-0.2, 0) is 20.6 Å². The minimum Gasteiger partial charge on any atom is -0.382 e. The van der Waals surface area contributed by atoms with Gasteiger partial charge in [0, 0.05) is 26.0 Å². The molecule has 2 aromatic rings. The summed E-state index contributed by atoms with van der Waals surface area (Å²) in [4.78, 5) is 4.33. The molecular formula is C22H31ClN2O4. The van der Waals surface area contributed by atoms with E-state index in [1.54, 1.807) is 21.0 Å². The van der Waals surface area contributed by atoms with Crippen LogP contribution in [-0.4, -0.2) is 42.5 Å². The SMILES string of the molecule is COC(C)(C)O.COC1CC2CCC(Cc3ccc4nc(N)c(Cl)cc4c3)C2O1. The molecule has 0 spiro atoms. The van der Waals surface area contributed by atoms with Gasteiger partial charge in [-0.2, -0.15) is 0 Å². The van der Waals surface area contributed by atoms with Crippen LogP contribution in [0.5, 0.6) is 0 Å². The Labute approximate surface area is 177 Å². The van der Waals surface area contributed by atoms with E-state index in [0.29, 0.717) is 28.8 Å². The lowest BCUT2D eigenvalue weighted by Gasteiger charge is -2.19. The summed E-state index contributed by atoms with van der Waals surface area (Å²) in [5, 5.41) is 10.2. The normalized spacial score (nSPS) is 26.3. The molecule has 1 saturated heterocycles. The number of nitrogens with zero attached hydrogens (tertiary/aromatic N) is 1. The Bertz CT molecular complexity index is 839. The number of benzene rings is 1. The third-order valence-corrected chi connectivity index (χ3v) is 6.06.